The van der Waals surface area contributed by atoms with Crippen molar-refractivity contribution in [1.29, 1.82) is 0 Å². The number of nitrogens with one attached hydrogen (secondary N) is 3. The van der Waals surface area contributed by atoms with Crippen LogP contribution in [0.5, 0.6) is 0 Å². The van der Waals surface area contributed by atoms with Gasteiger partial charge in [0.1, 0.15) is 0 Å². The summed E-state index contributed by atoms with van der Waals surface area (Å²) >= 11 is 0. The Kier molecular flexibility index (Phi) is 4.68. The van der Waals surface area contributed by atoms with E-state index in [1.807, 2.05) is 42.5 Å². The van der Waals surface area contributed by atoms with Crippen molar-refractivity contribution < 1.29 is 0 Å². The lowest BCUT2D eigenvalue weighted by molar-refractivity contribution is 0.794. The van der Waals surface area contributed by atoms with E-state index in [0.717, 1.165) is 16.7 Å². The first kappa shape index (κ1) is 15.2. The van der Waals surface area contributed by atoms with Gasteiger partial charge in [0.15, 0.2) is 5.82 Å². The van der Waals surface area contributed by atoms with E-state index in [1.165, 1.54) is 5.56 Å². The highest BCUT2D eigenvalue weighted by atomic mass is 15.4. The van der Waals surface area contributed by atoms with E-state index >= 15 is 0 Å². The number of hydrazine groups is 1. The van der Waals surface area contributed by atoms with Crippen LogP contribution in [0.2, 0.25) is 0 Å². The van der Waals surface area contributed by atoms with Crippen LogP contribution in [0.1, 0.15) is 19.4 Å². The van der Waals surface area contributed by atoms with Gasteiger partial charge in [0, 0.05) is 18.0 Å². The van der Waals surface area contributed by atoms with E-state index in [1.54, 1.807) is 0 Å². The highest BCUT2D eigenvalue weighted by Gasteiger charge is 2.07. The first-order valence-corrected chi connectivity index (χ1v) is 7.78. The Balaban J connectivity index is 1.80. The minimum absolute atomic E-state index is 0.279. The fourth-order valence-electron chi connectivity index (χ4n) is 2.32. The predicted molar refractivity (Wildman–Crippen MR) is 95.2 cm³/mol. The van der Waals surface area contributed by atoms with Crippen molar-refractivity contribution in [2.24, 2.45) is 0 Å². The molecule has 0 spiro atoms. The van der Waals surface area contributed by atoms with Crippen LogP contribution in [0.15, 0.2) is 54.6 Å². The van der Waals surface area contributed by atoms with Crippen LogP contribution < -0.4 is 16.2 Å². The van der Waals surface area contributed by atoms with Crippen molar-refractivity contribution in [2.45, 2.75) is 26.4 Å². The lowest BCUT2D eigenvalue weighted by Crippen LogP contribution is -2.22. The molecule has 0 atom stereocenters. The zero-order valence-electron chi connectivity index (χ0n) is 13.4. The number of fused-ring (bicyclic) bond motifs is 1. The van der Waals surface area contributed by atoms with Gasteiger partial charge in [0.2, 0.25) is 5.95 Å². The fraction of sp³-hybridized carbons (Fsp3) is 0.222. The molecule has 2 aromatic carbocycles. The average Bonchev–Trinajstić information content (AvgIpc) is 2.55. The monoisotopic (exact) mass is 307 g/mol. The van der Waals surface area contributed by atoms with E-state index in [4.69, 9.17) is 0 Å². The van der Waals surface area contributed by atoms with Gasteiger partial charge in [0.25, 0.3) is 0 Å². The Morgan fingerprint density at radius 3 is 2.43 bits per heavy atom. The molecule has 1 aromatic heterocycles. The smallest absolute Gasteiger partial charge is 0.225 e. The van der Waals surface area contributed by atoms with Crippen LogP contribution in [-0.2, 0) is 6.54 Å². The topological polar surface area (TPSA) is 61.9 Å². The van der Waals surface area contributed by atoms with E-state index < -0.39 is 0 Å². The van der Waals surface area contributed by atoms with Gasteiger partial charge in [-0.25, -0.2) is 10.4 Å². The Labute approximate surface area is 136 Å². The summed E-state index contributed by atoms with van der Waals surface area (Å²) in [6, 6.07) is 18.5. The summed E-state index contributed by atoms with van der Waals surface area (Å²) in [7, 11) is 0. The van der Waals surface area contributed by atoms with Crippen LogP contribution in [0.25, 0.3) is 10.9 Å². The summed E-state index contributed by atoms with van der Waals surface area (Å²) in [5.74, 6) is 1.40. The standard InChI is InChI=1S/C18H21N5/c1-13(2)20-18-21-16-11-7-6-10-15(16)17(22-18)23-19-12-14-8-4-3-5-9-14/h3-11,13,19H,12H2,1-2H3,(H2,20,21,22,23). The minimum atomic E-state index is 0.279. The highest BCUT2D eigenvalue weighted by molar-refractivity contribution is 5.89. The third-order valence-electron chi connectivity index (χ3n) is 3.36. The molecule has 0 amide bonds. The van der Waals surface area contributed by atoms with Crippen LogP contribution in [0, 0.1) is 0 Å². The Hall–Kier alpha value is -2.66. The molecule has 3 aromatic rings. The van der Waals surface area contributed by atoms with Gasteiger partial charge >= 0.3 is 0 Å². The zero-order valence-corrected chi connectivity index (χ0v) is 13.4. The molecular weight excluding hydrogens is 286 g/mol. The molecule has 5 heteroatoms. The first-order valence-electron chi connectivity index (χ1n) is 7.78. The summed E-state index contributed by atoms with van der Waals surface area (Å²) in [6.45, 7) is 4.85. The molecule has 0 aliphatic rings. The van der Waals surface area contributed by atoms with E-state index in [2.05, 4.69) is 52.1 Å². The molecule has 0 saturated heterocycles. The lowest BCUT2D eigenvalue weighted by Gasteiger charge is -2.14. The maximum absolute atomic E-state index is 4.58. The molecule has 5 nitrogen and oxygen atoms in total. The SMILES string of the molecule is CC(C)Nc1nc(NNCc2ccccc2)c2ccccc2n1. The molecule has 1 heterocycles. The number of aromatic nitrogens is 2. The Morgan fingerprint density at radius 2 is 1.65 bits per heavy atom. The number of rotatable bonds is 6. The molecular formula is C18H21N5. The van der Waals surface area contributed by atoms with E-state index in [9.17, 15) is 0 Å². The van der Waals surface area contributed by atoms with Crippen LogP contribution in [0.4, 0.5) is 11.8 Å². The minimum Gasteiger partial charge on any atom is -0.352 e. The molecule has 0 aliphatic heterocycles. The molecule has 0 fully saturated rings. The maximum Gasteiger partial charge on any atom is 0.225 e. The fourth-order valence-corrected chi connectivity index (χ4v) is 2.32. The lowest BCUT2D eigenvalue weighted by atomic mass is 10.2. The Bertz CT molecular complexity index is 771. The largest absolute Gasteiger partial charge is 0.352 e. The third kappa shape index (κ3) is 3.96. The van der Waals surface area contributed by atoms with Crippen molar-refractivity contribution in [3.8, 4) is 0 Å². The van der Waals surface area contributed by atoms with E-state index in [0.29, 0.717) is 12.5 Å². The second kappa shape index (κ2) is 7.07. The summed E-state index contributed by atoms with van der Waals surface area (Å²) < 4.78 is 0. The number of anilines is 2. The van der Waals surface area contributed by atoms with Crippen molar-refractivity contribution in [1.82, 2.24) is 15.4 Å². The summed E-state index contributed by atoms with van der Waals surface area (Å²) in [5, 5.41) is 4.24. The maximum atomic E-state index is 4.58. The van der Waals surface area contributed by atoms with Gasteiger partial charge in [-0.2, -0.15) is 4.98 Å². The summed E-state index contributed by atoms with van der Waals surface area (Å²) in [4.78, 5) is 9.13. The second-order valence-corrected chi connectivity index (χ2v) is 5.68. The molecule has 3 rings (SSSR count). The molecule has 3 N–H and O–H groups in total. The number of para-hydroxylation sites is 1. The number of nitrogens with zero attached hydrogens (tertiary/aromatic N) is 2. The van der Waals surface area contributed by atoms with Gasteiger partial charge in [-0.3, -0.25) is 0 Å². The van der Waals surface area contributed by atoms with Gasteiger partial charge in [-0.1, -0.05) is 42.5 Å². The van der Waals surface area contributed by atoms with Gasteiger partial charge < -0.3 is 10.7 Å². The van der Waals surface area contributed by atoms with Gasteiger partial charge in [-0.15, -0.1) is 0 Å². The number of hydrogen-bond acceptors (Lipinski definition) is 5. The predicted octanol–water partition coefficient (Wildman–Crippen LogP) is 3.57. The molecule has 0 bridgehead atoms. The molecule has 23 heavy (non-hydrogen) atoms. The summed E-state index contributed by atoms with van der Waals surface area (Å²) in [5.41, 5.74) is 8.55. The summed E-state index contributed by atoms with van der Waals surface area (Å²) in [6.07, 6.45) is 0. The zero-order chi connectivity index (χ0) is 16.1. The normalized spacial score (nSPS) is 10.9. The highest BCUT2D eigenvalue weighted by Crippen LogP contribution is 2.21. The molecule has 0 radical (unpaired) electrons. The second-order valence-electron chi connectivity index (χ2n) is 5.68. The van der Waals surface area contributed by atoms with Crippen molar-refractivity contribution >= 4 is 22.7 Å². The van der Waals surface area contributed by atoms with Gasteiger partial charge in [0.05, 0.1) is 5.52 Å². The Morgan fingerprint density at radius 1 is 0.913 bits per heavy atom. The van der Waals surface area contributed by atoms with Crippen molar-refractivity contribution in [3.05, 3.63) is 60.2 Å². The molecule has 118 valence electrons. The number of hydrogen-bond donors (Lipinski definition) is 3. The quantitative estimate of drug-likeness (QED) is 0.608. The van der Waals surface area contributed by atoms with Crippen LogP contribution >= 0.6 is 0 Å². The number of benzene rings is 2. The molecule has 0 unspecified atom stereocenters. The molecule has 0 aliphatic carbocycles. The van der Waals surface area contributed by atoms with Crippen molar-refractivity contribution in [3.63, 3.8) is 0 Å². The van der Waals surface area contributed by atoms with Crippen LogP contribution in [0.3, 0.4) is 0 Å². The average molecular weight is 307 g/mol. The van der Waals surface area contributed by atoms with E-state index in [-0.39, 0.29) is 6.04 Å². The third-order valence-corrected chi connectivity index (χ3v) is 3.36. The first-order chi connectivity index (χ1) is 11.2. The molecule has 0 saturated carbocycles. The van der Waals surface area contributed by atoms with Crippen LogP contribution in [-0.4, -0.2) is 16.0 Å². The van der Waals surface area contributed by atoms with Crippen molar-refractivity contribution in [2.75, 3.05) is 10.7 Å². The van der Waals surface area contributed by atoms with Gasteiger partial charge in [-0.05, 0) is 31.5 Å².